The normalized spacial score (nSPS) is 20.1. The third-order valence-corrected chi connectivity index (χ3v) is 3.20. The second kappa shape index (κ2) is 6.51. The predicted molar refractivity (Wildman–Crippen MR) is 62.7 cm³/mol. The number of terminal acetylenes is 1. The molecule has 0 saturated carbocycles. The highest BCUT2D eigenvalue weighted by Gasteiger charge is 2.25. The fraction of sp³-hybridized carbons (Fsp3) is 0.750. The topological polar surface area (TPSA) is 52.6 Å². The Labute approximate surface area is 97.0 Å². The number of amides is 1. The summed E-state index contributed by atoms with van der Waals surface area (Å²) in [5.74, 6) is 2.78. The van der Waals surface area contributed by atoms with Crippen molar-refractivity contribution in [2.24, 2.45) is 5.92 Å². The van der Waals surface area contributed by atoms with Gasteiger partial charge in [-0.05, 0) is 38.8 Å². The first-order chi connectivity index (χ1) is 7.69. The fourth-order valence-electron chi connectivity index (χ4n) is 1.97. The summed E-state index contributed by atoms with van der Waals surface area (Å²) >= 11 is 0. The predicted octanol–water partition coefficient (Wildman–Crippen LogP) is -0.171. The highest BCUT2D eigenvalue weighted by Crippen LogP contribution is 2.18. The number of piperidine rings is 1. The second-order valence-electron chi connectivity index (χ2n) is 4.26. The van der Waals surface area contributed by atoms with Gasteiger partial charge in [-0.25, -0.2) is 0 Å². The van der Waals surface area contributed by atoms with Crippen LogP contribution in [0.1, 0.15) is 19.8 Å². The number of aliphatic hydroxyl groups excluding tert-OH is 1. The van der Waals surface area contributed by atoms with Gasteiger partial charge >= 0.3 is 0 Å². The third-order valence-electron chi connectivity index (χ3n) is 3.20. The van der Waals surface area contributed by atoms with Gasteiger partial charge in [0.2, 0.25) is 5.91 Å². The zero-order chi connectivity index (χ0) is 12.0. The maximum Gasteiger partial charge on any atom is 0.237 e. The van der Waals surface area contributed by atoms with Crippen molar-refractivity contribution in [1.29, 1.82) is 0 Å². The lowest BCUT2D eigenvalue weighted by Gasteiger charge is -2.34. The van der Waals surface area contributed by atoms with Crippen molar-refractivity contribution >= 4 is 5.91 Å². The molecule has 2 N–H and O–H groups in total. The Hall–Kier alpha value is -1.05. The van der Waals surface area contributed by atoms with Crippen LogP contribution in [-0.4, -0.2) is 48.2 Å². The highest BCUT2D eigenvalue weighted by molar-refractivity contribution is 5.81. The van der Waals surface area contributed by atoms with Gasteiger partial charge in [0.05, 0.1) is 12.6 Å². The number of rotatable bonds is 4. The zero-order valence-electron chi connectivity index (χ0n) is 9.78. The zero-order valence-corrected chi connectivity index (χ0v) is 9.78. The van der Waals surface area contributed by atoms with E-state index in [1.807, 2.05) is 6.92 Å². The van der Waals surface area contributed by atoms with Crippen molar-refractivity contribution in [1.82, 2.24) is 10.2 Å². The van der Waals surface area contributed by atoms with E-state index in [2.05, 4.69) is 16.1 Å². The summed E-state index contributed by atoms with van der Waals surface area (Å²) in [6, 6.07) is -0.131. The van der Waals surface area contributed by atoms with Crippen molar-refractivity contribution < 1.29 is 9.90 Å². The van der Waals surface area contributed by atoms with Crippen LogP contribution in [0.2, 0.25) is 0 Å². The molecular formula is C12H20N2O2. The maximum atomic E-state index is 11.7. The summed E-state index contributed by atoms with van der Waals surface area (Å²) in [4.78, 5) is 13.8. The molecule has 4 nitrogen and oxygen atoms in total. The molecule has 1 rings (SSSR count). The third kappa shape index (κ3) is 3.51. The molecule has 0 aromatic rings. The van der Waals surface area contributed by atoms with E-state index in [4.69, 9.17) is 11.5 Å². The number of aliphatic hydroxyl groups is 1. The maximum absolute atomic E-state index is 11.7. The molecule has 1 amide bonds. The lowest BCUT2D eigenvalue weighted by atomic mass is 9.97. The fourth-order valence-corrected chi connectivity index (χ4v) is 1.97. The summed E-state index contributed by atoms with van der Waals surface area (Å²) in [5.41, 5.74) is 0. The Morgan fingerprint density at radius 3 is 2.75 bits per heavy atom. The molecule has 1 fully saturated rings. The monoisotopic (exact) mass is 224 g/mol. The minimum absolute atomic E-state index is 0.0135. The minimum Gasteiger partial charge on any atom is -0.396 e. The molecule has 90 valence electrons. The number of hydrogen-bond acceptors (Lipinski definition) is 3. The van der Waals surface area contributed by atoms with Crippen LogP contribution < -0.4 is 5.32 Å². The summed E-state index contributed by atoms with van der Waals surface area (Å²) < 4.78 is 0. The van der Waals surface area contributed by atoms with E-state index in [9.17, 15) is 4.79 Å². The van der Waals surface area contributed by atoms with Crippen LogP contribution in [0.5, 0.6) is 0 Å². The molecule has 1 heterocycles. The molecule has 1 aliphatic rings. The molecule has 1 atom stereocenters. The Bertz CT molecular complexity index is 265. The highest BCUT2D eigenvalue weighted by atomic mass is 16.3. The number of carbonyl (C=O) groups is 1. The minimum atomic E-state index is -0.131. The van der Waals surface area contributed by atoms with Crippen molar-refractivity contribution in [3.8, 4) is 12.3 Å². The van der Waals surface area contributed by atoms with Gasteiger partial charge in [0.25, 0.3) is 0 Å². The Kier molecular flexibility index (Phi) is 5.30. The first-order valence-corrected chi connectivity index (χ1v) is 5.75. The van der Waals surface area contributed by atoms with Crippen LogP contribution in [0.15, 0.2) is 0 Å². The van der Waals surface area contributed by atoms with Gasteiger partial charge in [-0.2, -0.15) is 0 Å². The van der Waals surface area contributed by atoms with E-state index in [-0.39, 0.29) is 25.1 Å². The molecule has 0 aliphatic carbocycles. The van der Waals surface area contributed by atoms with E-state index in [0.717, 1.165) is 25.9 Å². The number of nitrogens with zero attached hydrogens (tertiary/aromatic N) is 1. The molecule has 1 aliphatic heterocycles. The summed E-state index contributed by atoms with van der Waals surface area (Å²) in [5, 5.41) is 11.7. The van der Waals surface area contributed by atoms with Crippen molar-refractivity contribution in [3.63, 3.8) is 0 Å². The molecule has 16 heavy (non-hydrogen) atoms. The number of likely N-dealkylation sites (tertiary alicyclic amines) is 1. The molecule has 0 radical (unpaired) electrons. The van der Waals surface area contributed by atoms with Crippen LogP contribution >= 0.6 is 0 Å². The summed E-state index contributed by atoms with van der Waals surface area (Å²) in [6.07, 6.45) is 7.01. The van der Waals surface area contributed by atoms with Gasteiger partial charge in [0.1, 0.15) is 0 Å². The van der Waals surface area contributed by atoms with Gasteiger partial charge < -0.3 is 10.4 Å². The van der Waals surface area contributed by atoms with Crippen molar-refractivity contribution in [2.75, 3.05) is 26.2 Å². The largest absolute Gasteiger partial charge is 0.396 e. The number of hydrogen-bond donors (Lipinski definition) is 2. The molecule has 0 aromatic heterocycles. The second-order valence-corrected chi connectivity index (χ2v) is 4.26. The lowest BCUT2D eigenvalue weighted by Crippen LogP contribution is -2.48. The van der Waals surface area contributed by atoms with Crippen molar-refractivity contribution in [2.45, 2.75) is 25.8 Å². The van der Waals surface area contributed by atoms with Crippen LogP contribution in [0.25, 0.3) is 0 Å². The first-order valence-electron chi connectivity index (χ1n) is 5.75. The van der Waals surface area contributed by atoms with Gasteiger partial charge in [0, 0.05) is 6.61 Å². The van der Waals surface area contributed by atoms with Gasteiger partial charge in [-0.1, -0.05) is 5.92 Å². The molecule has 4 heteroatoms. The van der Waals surface area contributed by atoms with E-state index in [1.165, 1.54) is 0 Å². The van der Waals surface area contributed by atoms with Crippen LogP contribution in [0.3, 0.4) is 0 Å². The molecular weight excluding hydrogens is 204 g/mol. The van der Waals surface area contributed by atoms with E-state index in [1.54, 1.807) is 0 Å². The molecule has 0 bridgehead atoms. The summed E-state index contributed by atoms with van der Waals surface area (Å²) in [7, 11) is 0. The van der Waals surface area contributed by atoms with Crippen LogP contribution in [0.4, 0.5) is 0 Å². The Morgan fingerprint density at radius 2 is 2.25 bits per heavy atom. The Balaban J connectivity index is 2.35. The van der Waals surface area contributed by atoms with Crippen molar-refractivity contribution in [3.05, 3.63) is 0 Å². The average Bonchev–Trinajstić information content (AvgIpc) is 2.35. The number of carbonyl (C=O) groups excluding carboxylic acids is 1. The smallest absolute Gasteiger partial charge is 0.237 e. The first kappa shape index (κ1) is 13.0. The average molecular weight is 224 g/mol. The quantitative estimate of drug-likeness (QED) is 0.652. The molecule has 0 spiro atoms. The molecule has 0 aromatic carbocycles. The Morgan fingerprint density at radius 1 is 1.62 bits per heavy atom. The van der Waals surface area contributed by atoms with Crippen LogP contribution in [0, 0.1) is 18.3 Å². The molecule has 0 unspecified atom stereocenters. The van der Waals surface area contributed by atoms with Gasteiger partial charge in [-0.3, -0.25) is 9.69 Å². The van der Waals surface area contributed by atoms with Gasteiger partial charge in [0.15, 0.2) is 0 Å². The van der Waals surface area contributed by atoms with E-state index in [0.29, 0.717) is 5.92 Å². The standard InChI is InChI=1S/C12H20N2O2/c1-3-6-13-12(16)10(2)14-7-4-11(9-15)5-8-14/h1,10-11,15H,4-9H2,2H3,(H,13,16)/t10-/m0/s1. The van der Waals surface area contributed by atoms with E-state index >= 15 is 0 Å². The van der Waals surface area contributed by atoms with Crippen LogP contribution in [-0.2, 0) is 4.79 Å². The van der Waals surface area contributed by atoms with E-state index < -0.39 is 0 Å². The molecule has 1 saturated heterocycles. The van der Waals surface area contributed by atoms with Gasteiger partial charge in [-0.15, -0.1) is 6.42 Å². The number of nitrogens with one attached hydrogen (secondary N) is 1. The SMILES string of the molecule is C#CCNC(=O)[C@H](C)N1CCC(CO)CC1. The lowest BCUT2D eigenvalue weighted by molar-refractivity contribution is -0.126. The summed E-state index contributed by atoms with van der Waals surface area (Å²) in [6.45, 7) is 4.18.